The summed E-state index contributed by atoms with van der Waals surface area (Å²) in [5.74, 6) is -2.94. The predicted octanol–water partition coefficient (Wildman–Crippen LogP) is 2.05. The summed E-state index contributed by atoms with van der Waals surface area (Å²) in [7, 11) is 0. The van der Waals surface area contributed by atoms with Crippen LogP contribution in [0.3, 0.4) is 0 Å². The number of rotatable bonds is 1. The second-order valence-electron chi connectivity index (χ2n) is 4.87. The highest BCUT2D eigenvalue weighted by Gasteiger charge is 2.43. The van der Waals surface area contributed by atoms with Gasteiger partial charge < -0.3 is 4.90 Å². The van der Waals surface area contributed by atoms with Crippen LogP contribution in [0.25, 0.3) is 0 Å². The lowest BCUT2D eigenvalue weighted by Crippen LogP contribution is -2.45. The van der Waals surface area contributed by atoms with E-state index in [0.29, 0.717) is 13.1 Å². The fourth-order valence-corrected chi connectivity index (χ4v) is 3.44. The van der Waals surface area contributed by atoms with E-state index in [1.54, 1.807) is 16.2 Å². The van der Waals surface area contributed by atoms with Gasteiger partial charge in [-0.2, -0.15) is 0 Å². The van der Waals surface area contributed by atoms with Crippen molar-refractivity contribution in [2.75, 3.05) is 13.1 Å². The number of thiophene rings is 1. The van der Waals surface area contributed by atoms with Crippen LogP contribution in [-0.2, 0) is 17.8 Å². The van der Waals surface area contributed by atoms with Gasteiger partial charge in [0.25, 0.3) is 5.92 Å². The zero-order chi connectivity index (χ0) is 12.8. The number of amides is 1. The fourth-order valence-electron chi connectivity index (χ4n) is 2.55. The van der Waals surface area contributed by atoms with E-state index in [0.717, 1.165) is 12.0 Å². The van der Waals surface area contributed by atoms with E-state index in [9.17, 15) is 13.6 Å². The van der Waals surface area contributed by atoms with Crippen LogP contribution in [0.5, 0.6) is 0 Å². The molecular weight excluding hydrogens is 294 g/mol. The number of alkyl halides is 2. The van der Waals surface area contributed by atoms with Gasteiger partial charge in [-0.15, -0.1) is 23.7 Å². The zero-order valence-electron chi connectivity index (χ0n) is 10.2. The van der Waals surface area contributed by atoms with Crippen LogP contribution in [0.15, 0.2) is 11.4 Å². The number of fused-ring (bicyclic) bond motifs is 1. The molecule has 3 nitrogen and oxygen atoms in total. The fraction of sp³-hybridized carbons (Fsp3) is 0.583. The van der Waals surface area contributed by atoms with Crippen molar-refractivity contribution in [2.24, 2.45) is 0 Å². The maximum absolute atomic E-state index is 13.1. The average molecular weight is 309 g/mol. The number of nitrogens with zero attached hydrogens (tertiary/aromatic N) is 1. The molecule has 0 aromatic carbocycles. The topological polar surface area (TPSA) is 32.3 Å². The molecule has 1 N–H and O–H groups in total. The van der Waals surface area contributed by atoms with Gasteiger partial charge in [-0.25, -0.2) is 8.78 Å². The normalized spacial score (nSPS) is 24.7. The predicted molar refractivity (Wildman–Crippen MR) is 72.0 cm³/mol. The minimum Gasteiger partial charge on any atom is -0.337 e. The molecule has 7 heteroatoms. The lowest BCUT2D eigenvalue weighted by molar-refractivity contribution is -0.134. The maximum atomic E-state index is 13.1. The van der Waals surface area contributed by atoms with Crippen LogP contribution < -0.4 is 5.32 Å². The maximum Gasteiger partial charge on any atom is 0.262 e. The molecule has 3 heterocycles. The van der Waals surface area contributed by atoms with E-state index in [1.165, 1.54) is 4.88 Å². The third kappa shape index (κ3) is 2.90. The van der Waals surface area contributed by atoms with Crippen LogP contribution in [-0.4, -0.2) is 35.9 Å². The molecule has 19 heavy (non-hydrogen) atoms. The first-order valence-electron chi connectivity index (χ1n) is 6.00. The lowest BCUT2D eigenvalue weighted by atomic mass is 10.1. The Hall–Kier alpha value is -0.720. The van der Waals surface area contributed by atoms with Crippen LogP contribution in [0.2, 0.25) is 0 Å². The number of carbonyl (C=O) groups is 1. The number of hydrogen-bond acceptors (Lipinski definition) is 3. The Labute approximate surface area is 120 Å². The third-order valence-corrected chi connectivity index (χ3v) is 4.55. The molecule has 1 aromatic rings. The molecule has 0 spiro atoms. The highest BCUT2D eigenvalue weighted by atomic mass is 35.5. The van der Waals surface area contributed by atoms with Gasteiger partial charge >= 0.3 is 0 Å². The molecule has 2 aliphatic rings. The Balaban J connectivity index is 0.00000133. The molecule has 1 fully saturated rings. The first-order valence-corrected chi connectivity index (χ1v) is 6.88. The number of halogens is 3. The van der Waals surface area contributed by atoms with Crippen LogP contribution >= 0.6 is 23.7 Å². The van der Waals surface area contributed by atoms with E-state index in [2.05, 4.69) is 5.32 Å². The summed E-state index contributed by atoms with van der Waals surface area (Å²) in [6.07, 6.45) is 0.459. The van der Waals surface area contributed by atoms with Crippen LogP contribution in [0.4, 0.5) is 8.78 Å². The molecule has 1 unspecified atom stereocenters. The largest absolute Gasteiger partial charge is 0.337 e. The molecule has 0 aliphatic carbocycles. The van der Waals surface area contributed by atoms with Crippen molar-refractivity contribution < 1.29 is 13.6 Å². The van der Waals surface area contributed by atoms with E-state index >= 15 is 0 Å². The summed E-state index contributed by atoms with van der Waals surface area (Å²) in [5.41, 5.74) is 1.16. The molecular formula is C12H15ClF2N2OS. The second kappa shape index (κ2) is 5.34. The monoisotopic (exact) mass is 308 g/mol. The molecule has 2 aliphatic heterocycles. The molecule has 0 bridgehead atoms. The molecule has 1 saturated heterocycles. The average Bonchev–Trinajstić information content (AvgIpc) is 2.93. The second-order valence-corrected chi connectivity index (χ2v) is 5.87. The van der Waals surface area contributed by atoms with Crippen molar-refractivity contribution in [3.63, 3.8) is 0 Å². The van der Waals surface area contributed by atoms with Gasteiger partial charge in [0.05, 0.1) is 12.6 Å². The highest BCUT2D eigenvalue weighted by Crippen LogP contribution is 2.28. The third-order valence-electron chi connectivity index (χ3n) is 3.53. The van der Waals surface area contributed by atoms with Gasteiger partial charge in [0.15, 0.2) is 0 Å². The SMILES string of the molecule is Cl.O=C(C1CC(F)(F)CN1)N1CCc2sccc2C1. The van der Waals surface area contributed by atoms with E-state index in [4.69, 9.17) is 0 Å². The van der Waals surface area contributed by atoms with Gasteiger partial charge in [-0.1, -0.05) is 0 Å². The summed E-state index contributed by atoms with van der Waals surface area (Å²) >= 11 is 1.70. The van der Waals surface area contributed by atoms with Crippen molar-refractivity contribution in [3.8, 4) is 0 Å². The Bertz CT molecular complexity index is 480. The Morgan fingerprint density at radius 1 is 1.53 bits per heavy atom. The van der Waals surface area contributed by atoms with Crippen LogP contribution in [0.1, 0.15) is 16.9 Å². The summed E-state index contributed by atoms with van der Waals surface area (Å²) in [5, 5.41) is 4.64. The minimum atomic E-state index is -2.75. The molecule has 106 valence electrons. The Morgan fingerprint density at radius 3 is 3.00 bits per heavy atom. The quantitative estimate of drug-likeness (QED) is 0.861. The molecule has 1 atom stereocenters. The van der Waals surface area contributed by atoms with Gasteiger partial charge in [0.2, 0.25) is 5.91 Å². The zero-order valence-corrected chi connectivity index (χ0v) is 11.8. The Morgan fingerprint density at radius 2 is 2.32 bits per heavy atom. The lowest BCUT2D eigenvalue weighted by Gasteiger charge is -2.29. The van der Waals surface area contributed by atoms with Crippen molar-refractivity contribution >= 4 is 29.7 Å². The standard InChI is InChI=1S/C12H14F2N2OS.ClH/c13-12(14)5-9(15-7-12)11(17)16-3-1-10-8(6-16)2-4-18-10;/h2,4,9,15H,1,3,5-7H2;1H. The summed E-state index contributed by atoms with van der Waals surface area (Å²) < 4.78 is 26.2. The van der Waals surface area contributed by atoms with Crippen molar-refractivity contribution in [3.05, 3.63) is 21.9 Å². The first kappa shape index (κ1) is 14.7. The minimum absolute atomic E-state index is 0. The summed E-state index contributed by atoms with van der Waals surface area (Å²) in [4.78, 5) is 15.2. The Kier molecular flexibility index (Phi) is 4.13. The number of carbonyl (C=O) groups excluding carboxylic acids is 1. The van der Waals surface area contributed by atoms with Crippen molar-refractivity contribution in [2.45, 2.75) is 31.4 Å². The van der Waals surface area contributed by atoms with E-state index in [-0.39, 0.29) is 31.3 Å². The summed E-state index contributed by atoms with van der Waals surface area (Å²) in [6.45, 7) is 0.804. The highest BCUT2D eigenvalue weighted by molar-refractivity contribution is 7.10. The van der Waals surface area contributed by atoms with Crippen molar-refractivity contribution in [1.29, 1.82) is 0 Å². The molecule has 0 saturated carbocycles. The van der Waals surface area contributed by atoms with Crippen molar-refractivity contribution in [1.82, 2.24) is 10.2 Å². The smallest absolute Gasteiger partial charge is 0.262 e. The van der Waals surface area contributed by atoms with E-state index in [1.807, 2.05) is 11.4 Å². The first-order chi connectivity index (χ1) is 8.55. The van der Waals surface area contributed by atoms with E-state index < -0.39 is 12.0 Å². The number of nitrogens with one attached hydrogen (secondary N) is 1. The molecule has 0 radical (unpaired) electrons. The molecule has 1 aromatic heterocycles. The summed E-state index contributed by atoms with van der Waals surface area (Å²) in [6, 6.07) is 1.29. The van der Waals surface area contributed by atoms with Gasteiger partial charge in [-0.3, -0.25) is 10.1 Å². The van der Waals surface area contributed by atoms with Gasteiger partial charge in [0.1, 0.15) is 0 Å². The molecule has 3 rings (SSSR count). The number of hydrogen-bond donors (Lipinski definition) is 1. The molecule has 1 amide bonds. The van der Waals surface area contributed by atoms with Gasteiger partial charge in [0, 0.05) is 24.4 Å². The van der Waals surface area contributed by atoms with Gasteiger partial charge in [-0.05, 0) is 23.4 Å². The van der Waals surface area contributed by atoms with Crippen LogP contribution in [0, 0.1) is 0 Å².